The minimum absolute atomic E-state index is 0.569. The highest BCUT2D eigenvalue weighted by Gasteiger charge is 2.22. The summed E-state index contributed by atoms with van der Waals surface area (Å²) >= 11 is 0. The molecule has 0 unspecified atom stereocenters. The van der Waals surface area contributed by atoms with Crippen LogP contribution in [-0.2, 0) is 0 Å². The van der Waals surface area contributed by atoms with Gasteiger partial charge < -0.3 is 5.32 Å². The van der Waals surface area contributed by atoms with E-state index in [4.69, 9.17) is 0 Å². The maximum atomic E-state index is 3.48. The summed E-state index contributed by atoms with van der Waals surface area (Å²) in [6, 6.07) is 11.4. The lowest BCUT2D eigenvalue weighted by molar-refractivity contribution is 0.162. The van der Waals surface area contributed by atoms with E-state index in [2.05, 4.69) is 47.5 Å². The predicted molar refractivity (Wildman–Crippen MR) is 63.9 cm³/mol. The molecular formula is C13H20N2. The second kappa shape index (κ2) is 5.29. The first kappa shape index (κ1) is 10.7. The topological polar surface area (TPSA) is 15.3 Å². The number of nitrogens with one attached hydrogen (secondary N) is 1. The molecular weight excluding hydrogens is 184 g/mol. The van der Waals surface area contributed by atoms with Crippen LogP contribution in [0.15, 0.2) is 30.3 Å². The fourth-order valence-electron chi connectivity index (χ4n) is 2.31. The van der Waals surface area contributed by atoms with Gasteiger partial charge in [-0.15, -0.1) is 0 Å². The molecule has 1 atom stereocenters. The summed E-state index contributed by atoms with van der Waals surface area (Å²) in [6.45, 7) is 6.85. The van der Waals surface area contributed by atoms with E-state index in [1.54, 1.807) is 0 Å². The fraction of sp³-hybridized carbons (Fsp3) is 0.538. The van der Waals surface area contributed by atoms with Crippen molar-refractivity contribution in [1.29, 1.82) is 0 Å². The Morgan fingerprint density at radius 2 is 2.13 bits per heavy atom. The number of hydrogen-bond donors (Lipinski definition) is 1. The molecule has 2 nitrogen and oxygen atoms in total. The zero-order valence-electron chi connectivity index (χ0n) is 9.45. The van der Waals surface area contributed by atoms with Crippen LogP contribution in [-0.4, -0.2) is 31.1 Å². The highest BCUT2D eigenvalue weighted by Crippen LogP contribution is 2.21. The van der Waals surface area contributed by atoms with Crippen LogP contribution < -0.4 is 5.32 Å². The van der Waals surface area contributed by atoms with Gasteiger partial charge in [0.25, 0.3) is 0 Å². The molecule has 1 heterocycles. The smallest absolute Gasteiger partial charge is 0.0473 e. The summed E-state index contributed by atoms with van der Waals surface area (Å²) in [5.74, 6) is 0. The first-order chi connectivity index (χ1) is 7.42. The highest BCUT2D eigenvalue weighted by molar-refractivity contribution is 5.20. The third-order valence-corrected chi connectivity index (χ3v) is 3.05. The molecule has 0 radical (unpaired) electrons. The van der Waals surface area contributed by atoms with Crippen molar-refractivity contribution in [2.24, 2.45) is 0 Å². The Kier molecular flexibility index (Phi) is 3.75. The molecule has 0 saturated carbocycles. The quantitative estimate of drug-likeness (QED) is 0.810. The summed E-state index contributed by atoms with van der Waals surface area (Å²) in [5, 5.41) is 3.48. The minimum atomic E-state index is 0.569. The van der Waals surface area contributed by atoms with Crippen LogP contribution in [0.25, 0.3) is 0 Å². The van der Waals surface area contributed by atoms with Crippen molar-refractivity contribution in [3.8, 4) is 0 Å². The lowest BCUT2D eigenvalue weighted by Gasteiger charge is -2.36. The molecule has 0 bridgehead atoms. The maximum absolute atomic E-state index is 3.48. The van der Waals surface area contributed by atoms with Gasteiger partial charge in [0, 0.05) is 25.7 Å². The average Bonchev–Trinajstić information content (AvgIpc) is 2.31. The van der Waals surface area contributed by atoms with E-state index in [-0.39, 0.29) is 0 Å². The summed E-state index contributed by atoms with van der Waals surface area (Å²) in [5.41, 5.74) is 1.44. The molecule has 0 aliphatic carbocycles. The standard InChI is InChI=1S/C13H20N2/c1-2-9-15-10-8-14-11-13(15)12-6-4-3-5-7-12/h3-7,13-14H,2,8-11H2,1H3/t13-/m1/s1. The van der Waals surface area contributed by atoms with Crippen LogP contribution >= 0.6 is 0 Å². The van der Waals surface area contributed by atoms with Crippen molar-refractivity contribution in [1.82, 2.24) is 10.2 Å². The molecule has 1 aromatic carbocycles. The van der Waals surface area contributed by atoms with Gasteiger partial charge in [-0.2, -0.15) is 0 Å². The van der Waals surface area contributed by atoms with Crippen LogP contribution in [0.3, 0.4) is 0 Å². The van der Waals surface area contributed by atoms with Crippen molar-refractivity contribution in [3.05, 3.63) is 35.9 Å². The van der Waals surface area contributed by atoms with Gasteiger partial charge in [0.15, 0.2) is 0 Å². The van der Waals surface area contributed by atoms with Crippen LogP contribution in [0, 0.1) is 0 Å². The van der Waals surface area contributed by atoms with Crippen molar-refractivity contribution in [2.45, 2.75) is 19.4 Å². The third kappa shape index (κ3) is 2.58. The Bertz CT molecular complexity index is 282. The fourth-order valence-corrected chi connectivity index (χ4v) is 2.31. The van der Waals surface area contributed by atoms with Crippen molar-refractivity contribution < 1.29 is 0 Å². The second-order valence-electron chi connectivity index (χ2n) is 4.17. The summed E-state index contributed by atoms with van der Waals surface area (Å²) in [7, 11) is 0. The second-order valence-corrected chi connectivity index (χ2v) is 4.17. The highest BCUT2D eigenvalue weighted by atomic mass is 15.2. The molecule has 2 rings (SSSR count). The molecule has 82 valence electrons. The molecule has 1 aliphatic rings. The van der Waals surface area contributed by atoms with Crippen LogP contribution in [0.2, 0.25) is 0 Å². The molecule has 1 N–H and O–H groups in total. The normalized spacial score (nSPS) is 22.9. The Morgan fingerprint density at radius 1 is 1.33 bits per heavy atom. The molecule has 0 amide bonds. The van der Waals surface area contributed by atoms with E-state index in [0.29, 0.717) is 6.04 Å². The van der Waals surface area contributed by atoms with Gasteiger partial charge in [-0.3, -0.25) is 4.90 Å². The lowest BCUT2D eigenvalue weighted by Crippen LogP contribution is -2.46. The lowest BCUT2D eigenvalue weighted by atomic mass is 10.0. The zero-order valence-corrected chi connectivity index (χ0v) is 9.45. The van der Waals surface area contributed by atoms with Gasteiger partial charge in [0.1, 0.15) is 0 Å². The number of rotatable bonds is 3. The first-order valence-electron chi connectivity index (χ1n) is 5.91. The minimum Gasteiger partial charge on any atom is -0.314 e. The Hall–Kier alpha value is -0.860. The summed E-state index contributed by atoms with van der Waals surface area (Å²) < 4.78 is 0. The largest absolute Gasteiger partial charge is 0.314 e. The van der Waals surface area contributed by atoms with Gasteiger partial charge in [-0.05, 0) is 18.5 Å². The molecule has 2 heteroatoms. The molecule has 0 spiro atoms. The maximum Gasteiger partial charge on any atom is 0.0473 e. The van der Waals surface area contributed by atoms with E-state index in [0.717, 1.165) is 13.1 Å². The van der Waals surface area contributed by atoms with Crippen LogP contribution in [0.5, 0.6) is 0 Å². The van der Waals surface area contributed by atoms with E-state index in [9.17, 15) is 0 Å². The Labute approximate surface area is 92.3 Å². The number of piperazine rings is 1. The number of nitrogens with zero attached hydrogens (tertiary/aromatic N) is 1. The number of hydrogen-bond acceptors (Lipinski definition) is 2. The van der Waals surface area contributed by atoms with Crippen LogP contribution in [0.4, 0.5) is 0 Å². The number of benzene rings is 1. The molecule has 1 aliphatic heterocycles. The molecule has 1 saturated heterocycles. The van der Waals surface area contributed by atoms with Gasteiger partial charge in [0.05, 0.1) is 0 Å². The predicted octanol–water partition coefficient (Wildman–Crippen LogP) is 2.04. The zero-order chi connectivity index (χ0) is 10.5. The molecule has 0 aromatic heterocycles. The van der Waals surface area contributed by atoms with Crippen molar-refractivity contribution in [3.63, 3.8) is 0 Å². The molecule has 1 aromatic rings. The van der Waals surface area contributed by atoms with E-state index in [1.807, 2.05) is 0 Å². The van der Waals surface area contributed by atoms with E-state index in [1.165, 1.54) is 25.1 Å². The third-order valence-electron chi connectivity index (χ3n) is 3.05. The summed E-state index contributed by atoms with van der Waals surface area (Å²) in [4.78, 5) is 2.59. The molecule has 1 fully saturated rings. The van der Waals surface area contributed by atoms with Crippen molar-refractivity contribution >= 4 is 0 Å². The average molecular weight is 204 g/mol. The monoisotopic (exact) mass is 204 g/mol. The van der Waals surface area contributed by atoms with Gasteiger partial charge in [0.2, 0.25) is 0 Å². The SMILES string of the molecule is CCCN1CCNC[C@@H]1c1ccccc1. The van der Waals surface area contributed by atoms with E-state index >= 15 is 0 Å². The first-order valence-corrected chi connectivity index (χ1v) is 5.91. The van der Waals surface area contributed by atoms with Gasteiger partial charge in [-0.1, -0.05) is 37.3 Å². The van der Waals surface area contributed by atoms with E-state index < -0.39 is 0 Å². The Balaban J connectivity index is 2.11. The van der Waals surface area contributed by atoms with Crippen molar-refractivity contribution in [2.75, 3.05) is 26.2 Å². The Morgan fingerprint density at radius 3 is 2.87 bits per heavy atom. The van der Waals surface area contributed by atoms with Crippen LogP contribution in [0.1, 0.15) is 24.9 Å². The summed E-state index contributed by atoms with van der Waals surface area (Å²) in [6.07, 6.45) is 1.24. The molecule has 15 heavy (non-hydrogen) atoms. The van der Waals surface area contributed by atoms with Gasteiger partial charge in [-0.25, -0.2) is 0 Å². The van der Waals surface area contributed by atoms with Gasteiger partial charge >= 0.3 is 0 Å².